The van der Waals surface area contributed by atoms with Gasteiger partial charge in [-0.3, -0.25) is 0 Å². The SMILES string of the molecule is C=C1NCCCCN1PC. The van der Waals surface area contributed by atoms with Crippen molar-refractivity contribution in [2.75, 3.05) is 19.8 Å². The molecule has 0 aromatic rings. The van der Waals surface area contributed by atoms with E-state index in [0.717, 1.165) is 21.1 Å². The summed E-state index contributed by atoms with van der Waals surface area (Å²) in [6.45, 7) is 8.42. The zero-order chi connectivity index (χ0) is 7.40. The fourth-order valence-electron chi connectivity index (χ4n) is 1.10. The van der Waals surface area contributed by atoms with Gasteiger partial charge in [-0.25, -0.2) is 0 Å². The minimum Gasteiger partial charge on any atom is -0.372 e. The van der Waals surface area contributed by atoms with E-state index >= 15 is 0 Å². The Morgan fingerprint density at radius 1 is 1.60 bits per heavy atom. The van der Waals surface area contributed by atoms with Crippen LogP contribution in [0.2, 0.25) is 0 Å². The van der Waals surface area contributed by atoms with Gasteiger partial charge >= 0.3 is 0 Å². The third kappa shape index (κ3) is 1.88. The van der Waals surface area contributed by atoms with Gasteiger partial charge in [0.2, 0.25) is 0 Å². The average Bonchev–Trinajstić information content (AvgIpc) is 2.13. The van der Waals surface area contributed by atoms with Crippen LogP contribution in [-0.2, 0) is 0 Å². The fraction of sp³-hybridized carbons (Fsp3) is 0.714. The van der Waals surface area contributed by atoms with Crippen LogP contribution in [0.5, 0.6) is 0 Å². The maximum Gasteiger partial charge on any atom is 0.0969 e. The zero-order valence-corrected chi connectivity index (χ0v) is 7.48. The first kappa shape index (κ1) is 7.87. The van der Waals surface area contributed by atoms with Gasteiger partial charge in [0.05, 0.1) is 5.82 Å². The molecular formula is C7H15N2P. The van der Waals surface area contributed by atoms with Crippen LogP contribution >= 0.6 is 8.73 Å². The summed E-state index contributed by atoms with van der Waals surface area (Å²) in [5.74, 6) is 1.11. The van der Waals surface area contributed by atoms with E-state index < -0.39 is 0 Å². The molecule has 1 rings (SSSR count). The first-order valence-electron chi connectivity index (χ1n) is 3.72. The Bertz CT molecular complexity index is 125. The minimum atomic E-state index is 0.854. The van der Waals surface area contributed by atoms with Gasteiger partial charge in [-0.1, -0.05) is 6.58 Å². The molecule has 0 aromatic carbocycles. The lowest BCUT2D eigenvalue weighted by atomic mass is 10.3. The van der Waals surface area contributed by atoms with Gasteiger partial charge in [-0.15, -0.1) is 0 Å². The van der Waals surface area contributed by atoms with Crippen LogP contribution in [0, 0.1) is 0 Å². The molecule has 3 heteroatoms. The normalized spacial score (nSPS) is 21.3. The number of hydrogen-bond acceptors (Lipinski definition) is 2. The molecule has 0 saturated carbocycles. The summed E-state index contributed by atoms with van der Waals surface area (Å²) in [6.07, 6.45) is 2.58. The van der Waals surface area contributed by atoms with E-state index in [4.69, 9.17) is 0 Å². The first-order valence-corrected chi connectivity index (χ1v) is 5.17. The van der Waals surface area contributed by atoms with Gasteiger partial charge in [0.25, 0.3) is 0 Å². The van der Waals surface area contributed by atoms with Crippen molar-refractivity contribution >= 4 is 8.73 Å². The highest BCUT2D eigenvalue weighted by molar-refractivity contribution is 7.34. The molecule has 0 aromatic heterocycles. The van der Waals surface area contributed by atoms with E-state index in [2.05, 4.69) is 23.2 Å². The first-order chi connectivity index (χ1) is 4.84. The van der Waals surface area contributed by atoms with Crippen molar-refractivity contribution in [3.8, 4) is 0 Å². The summed E-state index contributed by atoms with van der Waals surface area (Å²) < 4.78 is 2.31. The van der Waals surface area contributed by atoms with Crippen LogP contribution in [0.1, 0.15) is 12.8 Å². The molecule has 1 unspecified atom stereocenters. The topological polar surface area (TPSA) is 15.3 Å². The molecule has 0 aliphatic carbocycles. The van der Waals surface area contributed by atoms with Crippen molar-refractivity contribution in [3.63, 3.8) is 0 Å². The minimum absolute atomic E-state index is 0.854. The van der Waals surface area contributed by atoms with Gasteiger partial charge in [0.15, 0.2) is 0 Å². The Kier molecular flexibility index (Phi) is 3.01. The van der Waals surface area contributed by atoms with Crippen molar-refractivity contribution in [2.45, 2.75) is 12.8 Å². The Morgan fingerprint density at radius 2 is 2.40 bits per heavy atom. The van der Waals surface area contributed by atoms with Crippen LogP contribution in [-0.4, -0.2) is 24.4 Å². The predicted molar refractivity (Wildman–Crippen MR) is 47.3 cm³/mol. The molecule has 1 saturated heterocycles. The molecular weight excluding hydrogens is 143 g/mol. The highest BCUT2D eigenvalue weighted by Gasteiger charge is 2.07. The molecule has 0 spiro atoms. The second-order valence-corrected chi connectivity index (χ2v) is 3.44. The lowest BCUT2D eigenvalue weighted by molar-refractivity contribution is 0.548. The summed E-state index contributed by atoms with van der Waals surface area (Å²) in [4.78, 5) is 0. The third-order valence-electron chi connectivity index (χ3n) is 1.73. The zero-order valence-electron chi connectivity index (χ0n) is 6.48. The largest absolute Gasteiger partial charge is 0.372 e. The summed E-state index contributed by atoms with van der Waals surface area (Å²) in [7, 11) is 0.854. The highest BCUT2D eigenvalue weighted by Crippen LogP contribution is 2.19. The molecule has 0 amide bonds. The van der Waals surface area contributed by atoms with Crippen molar-refractivity contribution in [1.82, 2.24) is 9.99 Å². The molecule has 10 heavy (non-hydrogen) atoms. The molecule has 1 aliphatic heterocycles. The molecule has 1 fully saturated rings. The van der Waals surface area contributed by atoms with Gasteiger partial charge < -0.3 is 9.99 Å². The fourth-order valence-corrected chi connectivity index (χ4v) is 1.84. The van der Waals surface area contributed by atoms with E-state index in [1.54, 1.807) is 0 Å². The summed E-state index contributed by atoms with van der Waals surface area (Å²) in [5.41, 5.74) is 0. The Hall–Kier alpha value is -0.230. The Morgan fingerprint density at radius 3 is 3.10 bits per heavy atom. The number of hydrogen-bond donors (Lipinski definition) is 1. The molecule has 1 N–H and O–H groups in total. The van der Waals surface area contributed by atoms with Crippen LogP contribution < -0.4 is 5.32 Å². The van der Waals surface area contributed by atoms with E-state index in [0.29, 0.717) is 0 Å². The Balaban J connectivity index is 2.43. The smallest absolute Gasteiger partial charge is 0.0969 e. The maximum absolute atomic E-state index is 3.95. The van der Waals surface area contributed by atoms with Crippen LogP contribution in [0.15, 0.2) is 12.4 Å². The lowest BCUT2D eigenvalue weighted by Crippen LogP contribution is -2.22. The van der Waals surface area contributed by atoms with Gasteiger partial charge in [-0.05, 0) is 28.2 Å². The van der Waals surface area contributed by atoms with Gasteiger partial charge in [-0.2, -0.15) is 0 Å². The van der Waals surface area contributed by atoms with E-state index in [9.17, 15) is 0 Å². The van der Waals surface area contributed by atoms with Crippen LogP contribution in [0.25, 0.3) is 0 Å². The van der Waals surface area contributed by atoms with Crippen molar-refractivity contribution in [1.29, 1.82) is 0 Å². The predicted octanol–water partition coefficient (Wildman–Crippen LogP) is 1.37. The number of nitrogens with zero attached hydrogens (tertiary/aromatic N) is 1. The monoisotopic (exact) mass is 158 g/mol. The van der Waals surface area contributed by atoms with E-state index in [-0.39, 0.29) is 0 Å². The van der Waals surface area contributed by atoms with Crippen molar-refractivity contribution in [3.05, 3.63) is 12.4 Å². The van der Waals surface area contributed by atoms with E-state index in [1.165, 1.54) is 19.4 Å². The second kappa shape index (κ2) is 3.82. The maximum atomic E-state index is 3.95. The second-order valence-electron chi connectivity index (χ2n) is 2.46. The summed E-state index contributed by atoms with van der Waals surface area (Å²) in [5, 5.41) is 3.28. The molecule has 58 valence electrons. The molecule has 1 aliphatic rings. The van der Waals surface area contributed by atoms with Gasteiger partial charge in [0, 0.05) is 13.1 Å². The molecule has 0 radical (unpaired) electrons. The molecule has 2 nitrogen and oxygen atoms in total. The number of rotatable bonds is 1. The average molecular weight is 158 g/mol. The standard InChI is InChI=1S/C7H15N2P/c1-7-8-5-3-4-6-9(7)10-2/h8,10H,1,3-6H2,2H3. The Labute approximate surface area is 64.5 Å². The van der Waals surface area contributed by atoms with E-state index in [1.807, 2.05) is 0 Å². The molecule has 1 atom stereocenters. The summed E-state index contributed by atoms with van der Waals surface area (Å²) >= 11 is 0. The quantitative estimate of drug-likeness (QED) is 0.580. The van der Waals surface area contributed by atoms with Crippen LogP contribution in [0.3, 0.4) is 0 Å². The number of nitrogens with one attached hydrogen (secondary N) is 1. The highest BCUT2D eigenvalue weighted by atomic mass is 31.1. The summed E-state index contributed by atoms with van der Waals surface area (Å²) in [6, 6.07) is 0. The lowest BCUT2D eigenvalue weighted by Gasteiger charge is -2.21. The molecule has 0 bridgehead atoms. The third-order valence-corrected chi connectivity index (χ3v) is 2.77. The van der Waals surface area contributed by atoms with Gasteiger partial charge in [0.1, 0.15) is 0 Å². The van der Waals surface area contributed by atoms with Crippen molar-refractivity contribution < 1.29 is 0 Å². The van der Waals surface area contributed by atoms with Crippen molar-refractivity contribution in [2.24, 2.45) is 0 Å². The van der Waals surface area contributed by atoms with Crippen LogP contribution in [0.4, 0.5) is 0 Å². The molecule has 1 heterocycles.